The molecule has 8 nitrogen and oxygen atoms in total. The first-order chi connectivity index (χ1) is 12.2. The second-order valence-electron chi connectivity index (χ2n) is 5.66. The van der Waals surface area contributed by atoms with Crippen LogP contribution < -0.4 is 4.31 Å². The molecular formula is C17H18N2O6S. The summed E-state index contributed by atoms with van der Waals surface area (Å²) in [7, 11) is -4.08. The Balaban J connectivity index is 2.44. The highest BCUT2D eigenvalue weighted by Crippen LogP contribution is 2.26. The first kappa shape index (κ1) is 19.4. The van der Waals surface area contributed by atoms with Gasteiger partial charge in [0.05, 0.1) is 15.5 Å². The van der Waals surface area contributed by atoms with E-state index in [-0.39, 0.29) is 30.0 Å². The third-order valence-corrected chi connectivity index (χ3v) is 5.51. The number of aryl methyl sites for hydroxylation is 1. The molecule has 0 radical (unpaired) electrons. The van der Waals surface area contributed by atoms with Crippen LogP contribution in [0.1, 0.15) is 18.4 Å². The normalized spacial score (nSPS) is 11.1. The monoisotopic (exact) mass is 378 g/mol. The smallest absolute Gasteiger partial charge is 0.303 e. The number of hydrogen-bond donors (Lipinski definition) is 1. The van der Waals surface area contributed by atoms with Crippen molar-refractivity contribution in [2.24, 2.45) is 0 Å². The molecule has 1 N–H and O–H groups in total. The van der Waals surface area contributed by atoms with Crippen molar-refractivity contribution in [2.75, 3.05) is 10.8 Å². The third-order valence-electron chi connectivity index (χ3n) is 3.69. The maximum atomic E-state index is 13.0. The Bertz CT molecular complexity index is 909. The summed E-state index contributed by atoms with van der Waals surface area (Å²) in [5.74, 6) is -1.03. The van der Waals surface area contributed by atoms with Crippen LogP contribution >= 0.6 is 0 Å². The molecule has 0 bridgehead atoms. The molecule has 2 aromatic carbocycles. The van der Waals surface area contributed by atoms with Gasteiger partial charge >= 0.3 is 5.97 Å². The SMILES string of the molecule is Cc1ccc(N(CCCC(=O)O)S(=O)(=O)c2cccc([N+](=O)[O-])c2)cc1. The lowest BCUT2D eigenvalue weighted by atomic mass is 10.2. The number of anilines is 1. The van der Waals surface area contributed by atoms with Crippen LogP contribution in [0.4, 0.5) is 11.4 Å². The molecule has 138 valence electrons. The molecule has 0 unspecified atom stereocenters. The fraction of sp³-hybridized carbons (Fsp3) is 0.235. The number of nitro groups is 1. The quantitative estimate of drug-likeness (QED) is 0.557. The van der Waals surface area contributed by atoms with Crippen molar-refractivity contribution in [1.29, 1.82) is 0 Å². The number of carboxylic acids is 1. The molecule has 0 heterocycles. The van der Waals surface area contributed by atoms with Gasteiger partial charge in [0.1, 0.15) is 0 Å². The first-order valence-electron chi connectivity index (χ1n) is 7.77. The van der Waals surface area contributed by atoms with Gasteiger partial charge in [-0.25, -0.2) is 8.42 Å². The van der Waals surface area contributed by atoms with Crippen molar-refractivity contribution in [3.63, 3.8) is 0 Å². The van der Waals surface area contributed by atoms with Crippen molar-refractivity contribution in [1.82, 2.24) is 0 Å². The van der Waals surface area contributed by atoms with E-state index in [1.54, 1.807) is 24.3 Å². The standard InChI is InChI=1S/C17H18N2O6S/c1-13-7-9-14(10-8-13)18(11-3-6-17(20)21)26(24,25)16-5-2-4-15(12-16)19(22)23/h2,4-5,7-10,12H,3,6,11H2,1H3,(H,20,21). The van der Waals surface area contributed by atoms with Crippen LogP contribution in [0.25, 0.3) is 0 Å². The minimum Gasteiger partial charge on any atom is -0.481 e. The van der Waals surface area contributed by atoms with E-state index in [9.17, 15) is 23.3 Å². The summed E-state index contributed by atoms with van der Waals surface area (Å²) < 4.78 is 27.1. The fourth-order valence-corrected chi connectivity index (χ4v) is 3.90. The van der Waals surface area contributed by atoms with Crippen molar-refractivity contribution >= 4 is 27.4 Å². The molecule has 0 fully saturated rings. The van der Waals surface area contributed by atoms with Crippen molar-refractivity contribution in [3.05, 3.63) is 64.2 Å². The molecule has 2 rings (SSSR count). The summed E-state index contributed by atoms with van der Waals surface area (Å²) in [6.45, 7) is 1.80. The van der Waals surface area contributed by atoms with Gasteiger partial charge in [-0.05, 0) is 31.5 Å². The van der Waals surface area contributed by atoms with Gasteiger partial charge in [-0.3, -0.25) is 19.2 Å². The van der Waals surface area contributed by atoms with Gasteiger partial charge in [-0.15, -0.1) is 0 Å². The molecular weight excluding hydrogens is 360 g/mol. The van der Waals surface area contributed by atoms with Gasteiger partial charge in [0.2, 0.25) is 0 Å². The van der Waals surface area contributed by atoms with Gasteiger partial charge in [0.15, 0.2) is 0 Å². The maximum Gasteiger partial charge on any atom is 0.303 e. The molecule has 0 aliphatic carbocycles. The molecule has 0 saturated carbocycles. The molecule has 0 saturated heterocycles. The van der Waals surface area contributed by atoms with Crippen LogP contribution in [0.3, 0.4) is 0 Å². The second-order valence-corrected chi connectivity index (χ2v) is 7.53. The summed E-state index contributed by atoms with van der Waals surface area (Å²) in [5.41, 5.74) is 0.972. The van der Waals surface area contributed by atoms with Gasteiger partial charge in [0.25, 0.3) is 15.7 Å². The Morgan fingerprint density at radius 2 is 1.85 bits per heavy atom. The lowest BCUT2D eigenvalue weighted by Crippen LogP contribution is -2.32. The molecule has 2 aromatic rings. The van der Waals surface area contributed by atoms with Gasteiger partial charge in [-0.1, -0.05) is 23.8 Å². The number of non-ortho nitro benzene ring substituents is 1. The van der Waals surface area contributed by atoms with Gasteiger partial charge < -0.3 is 5.11 Å². The summed E-state index contributed by atoms with van der Waals surface area (Å²) in [6.07, 6.45) is -0.0792. The minimum absolute atomic E-state index is 0.0552. The summed E-state index contributed by atoms with van der Waals surface area (Å²) >= 11 is 0. The molecule has 0 aliphatic heterocycles. The van der Waals surface area contributed by atoms with E-state index in [0.29, 0.717) is 5.69 Å². The molecule has 9 heteroatoms. The van der Waals surface area contributed by atoms with E-state index in [0.717, 1.165) is 15.9 Å². The third kappa shape index (κ3) is 4.57. The number of carboxylic acid groups (broad SMARTS) is 1. The van der Waals surface area contributed by atoms with Gasteiger partial charge in [-0.2, -0.15) is 0 Å². The van der Waals surface area contributed by atoms with E-state index in [1.165, 1.54) is 18.2 Å². The predicted octanol–water partition coefficient (Wildman–Crippen LogP) is 2.96. The average molecular weight is 378 g/mol. The van der Waals surface area contributed by atoms with E-state index < -0.39 is 20.9 Å². The van der Waals surface area contributed by atoms with Crippen LogP contribution in [0.2, 0.25) is 0 Å². The topological polar surface area (TPSA) is 118 Å². The Hall–Kier alpha value is -2.94. The highest BCUT2D eigenvalue weighted by Gasteiger charge is 2.26. The number of nitrogens with zero attached hydrogens (tertiary/aromatic N) is 2. The minimum atomic E-state index is -4.08. The number of aliphatic carboxylic acids is 1. The molecule has 0 amide bonds. The van der Waals surface area contributed by atoms with E-state index in [4.69, 9.17) is 5.11 Å². The lowest BCUT2D eigenvalue weighted by molar-refractivity contribution is -0.385. The maximum absolute atomic E-state index is 13.0. The first-order valence-corrected chi connectivity index (χ1v) is 9.21. The Labute approximate surface area is 150 Å². The second kappa shape index (κ2) is 7.96. The molecule has 0 atom stereocenters. The zero-order valence-electron chi connectivity index (χ0n) is 14.0. The molecule has 0 spiro atoms. The summed E-state index contributed by atoms with van der Waals surface area (Å²) in [5, 5.41) is 19.7. The highest BCUT2D eigenvalue weighted by atomic mass is 32.2. The molecule has 0 aliphatic rings. The van der Waals surface area contributed by atoms with Crippen molar-refractivity contribution < 1.29 is 23.2 Å². The highest BCUT2D eigenvalue weighted by molar-refractivity contribution is 7.92. The summed E-state index contributed by atoms with van der Waals surface area (Å²) in [4.78, 5) is 20.8. The van der Waals surface area contributed by atoms with Crippen molar-refractivity contribution in [3.8, 4) is 0 Å². The Morgan fingerprint density at radius 1 is 1.19 bits per heavy atom. The van der Waals surface area contributed by atoms with Crippen LogP contribution in [-0.4, -0.2) is 31.0 Å². The van der Waals surface area contributed by atoms with Crippen LogP contribution in [0.15, 0.2) is 53.4 Å². The zero-order valence-corrected chi connectivity index (χ0v) is 14.8. The van der Waals surface area contributed by atoms with E-state index in [2.05, 4.69) is 0 Å². The number of rotatable bonds is 8. The van der Waals surface area contributed by atoms with Crippen LogP contribution in [0.5, 0.6) is 0 Å². The number of carbonyl (C=O) groups is 1. The molecule has 26 heavy (non-hydrogen) atoms. The van der Waals surface area contributed by atoms with Crippen LogP contribution in [-0.2, 0) is 14.8 Å². The molecule has 0 aromatic heterocycles. The van der Waals surface area contributed by atoms with E-state index in [1.807, 2.05) is 6.92 Å². The Morgan fingerprint density at radius 3 is 2.42 bits per heavy atom. The summed E-state index contributed by atoms with van der Waals surface area (Å²) in [6, 6.07) is 11.5. The fourth-order valence-electron chi connectivity index (χ4n) is 2.36. The lowest BCUT2D eigenvalue weighted by Gasteiger charge is -2.24. The van der Waals surface area contributed by atoms with Crippen molar-refractivity contribution in [2.45, 2.75) is 24.7 Å². The number of benzene rings is 2. The number of hydrogen-bond acceptors (Lipinski definition) is 5. The van der Waals surface area contributed by atoms with Gasteiger partial charge in [0, 0.05) is 25.1 Å². The number of sulfonamides is 1. The largest absolute Gasteiger partial charge is 0.481 e. The zero-order chi connectivity index (χ0) is 19.3. The van der Waals surface area contributed by atoms with Crippen LogP contribution in [0, 0.1) is 17.0 Å². The average Bonchev–Trinajstić information content (AvgIpc) is 2.59. The predicted molar refractivity (Wildman–Crippen MR) is 95.7 cm³/mol. The number of nitro benzene ring substituents is 1. The van der Waals surface area contributed by atoms with E-state index >= 15 is 0 Å². The Kier molecular flexibility index (Phi) is 5.93.